The Labute approximate surface area is 117 Å². The Morgan fingerprint density at radius 2 is 1.75 bits per heavy atom. The minimum Gasteiger partial charge on any atom is -0.408 e. The molecule has 0 aliphatic rings. The van der Waals surface area contributed by atoms with Gasteiger partial charge >= 0.3 is 0 Å². The molecule has 0 fully saturated rings. The van der Waals surface area contributed by atoms with E-state index < -0.39 is 0 Å². The number of nitrogen functional groups attached to an aromatic ring is 1. The van der Waals surface area contributed by atoms with Gasteiger partial charge in [-0.1, -0.05) is 30.3 Å². The molecular formula is C16H15N3O. The van der Waals surface area contributed by atoms with Gasteiger partial charge in [0.15, 0.2) is 5.75 Å². The number of anilines is 1. The molecule has 0 bridgehead atoms. The molecule has 0 aliphatic carbocycles. The summed E-state index contributed by atoms with van der Waals surface area (Å²) in [6.07, 6.45) is 0. The second-order valence-electron chi connectivity index (χ2n) is 4.41. The summed E-state index contributed by atoms with van der Waals surface area (Å²) in [5.74, 6) is 1.30. The van der Waals surface area contributed by atoms with Crippen LogP contribution in [0.25, 0.3) is 22.0 Å². The summed E-state index contributed by atoms with van der Waals surface area (Å²) in [4.78, 5) is 9.83. The molecular weight excluding hydrogens is 250 g/mol. The molecule has 1 aromatic heterocycles. The van der Waals surface area contributed by atoms with Crippen molar-refractivity contribution in [1.29, 1.82) is 0 Å². The summed E-state index contributed by atoms with van der Waals surface area (Å²) in [7, 11) is 1.74. The van der Waals surface area contributed by atoms with Gasteiger partial charge in [-0.15, -0.1) is 0 Å². The Hall–Kier alpha value is -2.59. The van der Waals surface area contributed by atoms with E-state index >= 15 is 0 Å². The molecule has 4 heteroatoms. The molecule has 0 amide bonds. The summed E-state index contributed by atoms with van der Waals surface area (Å²) in [6, 6.07) is 17.6. The van der Waals surface area contributed by atoms with E-state index in [-0.39, 0.29) is 0 Å². The van der Waals surface area contributed by atoms with Gasteiger partial charge in [0.05, 0.1) is 5.69 Å². The van der Waals surface area contributed by atoms with Gasteiger partial charge in [-0.3, -0.25) is 0 Å². The number of rotatable bonds is 3. The van der Waals surface area contributed by atoms with Crippen molar-refractivity contribution < 1.29 is 4.84 Å². The van der Waals surface area contributed by atoms with Crippen LogP contribution in [0.3, 0.4) is 0 Å². The van der Waals surface area contributed by atoms with Crippen molar-refractivity contribution in [3.05, 3.63) is 54.6 Å². The normalized spacial score (nSPS) is 10.7. The van der Waals surface area contributed by atoms with Crippen molar-refractivity contribution in [3.63, 3.8) is 0 Å². The molecule has 3 rings (SSSR count). The van der Waals surface area contributed by atoms with Crippen LogP contribution in [0.5, 0.6) is 5.75 Å². The summed E-state index contributed by atoms with van der Waals surface area (Å²) in [6.45, 7) is 0. The summed E-state index contributed by atoms with van der Waals surface area (Å²) >= 11 is 0. The fourth-order valence-corrected chi connectivity index (χ4v) is 2.30. The first-order valence-corrected chi connectivity index (χ1v) is 6.38. The highest BCUT2D eigenvalue weighted by Crippen LogP contribution is 2.33. The molecule has 0 aliphatic heterocycles. The van der Waals surface area contributed by atoms with E-state index in [1.54, 1.807) is 13.1 Å². The van der Waals surface area contributed by atoms with Gasteiger partial charge in [0.1, 0.15) is 5.82 Å². The van der Waals surface area contributed by atoms with Crippen LogP contribution in [0, 0.1) is 0 Å². The zero-order valence-corrected chi connectivity index (χ0v) is 11.1. The van der Waals surface area contributed by atoms with E-state index in [1.165, 1.54) is 0 Å². The van der Waals surface area contributed by atoms with Crippen LogP contribution < -0.4 is 16.1 Å². The third kappa shape index (κ3) is 2.17. The Morgan fingerprint density at radius 1 is 0.950 bits per heavy atom. The lowest BCUT2D eigenvalue weighted by atomic mass is 10.0. The fraction of sp³-hybridized carbons (Fsp3) is 0.0625. The van der Waals surface area contributed by atoms with E-state index in [4.69, 9.17) is 10.6 Å². The van der Waals surface area contributed by atoms with Crippen LogP contribution in [0.4, 0.5) is 5.82 Å². The predicted octanol–water partition coefficient (Wildman–Crippen LogP) is 3.00. The smallest absolute Gasteiger partial charge is 0.154 e. The Kier molecular flexibility index (Phi) is 3.23. The van der Waals surface area contributed by atoms with Crippen molar-refractivity contribution in [2.75, 3.05) is 12.8 Å². The van der Waals surface area contributed by atoms with E-state index in [1.807, 2.05) is 42.5 Å². The molecule has 0 spiro atoms. The first-order valence-electron chi connectivity index (χ1n) is 6.38. The van der Waals surface area contributed by atoms with Crippen molar-refractivity contribution >= 4 is 16.6 Å². The summed E-state index contributed by atoms with van der Waals surface area (Å²) < 4.78 is 0. The highest BCUT2D eigenvalue weighted by atomic mass is 16.6. The predicted molar refractivity (Wildman–Crippen MR) is 81.3 cm³/mol. The monoisotopic (exact) mass is 265 g/mol. The van der Waals surface area contributed by atoms with Gasteiger partial charge in [-0.05, 0) is 29.7 Å². The number of nitrogens with zero attached hydrogens (tertiary/aromatic N) is 1. The highest BCUT2D eigenvalue weighted by molar-refractivity contribution is 5.99. The van der Waals surface area contributed by atoms with Crippen LogP contribution in [0.2, 0.25) is 0 Å². The quantitative estimate of drug-likeness (QED) is 0.715. The van der Waals surface area contributed by atoms with Crippen LogP contribution >= 0.6 is 0 Å². The van der Waals surface area contributed by atoms with E-state index in [2.05, 4.69) is 16.5 Å². The molecule has 3 aromatic rings. The number of nitrogens with one attached hydrogen (secondary N) is 1. The number of hydroxylamine groups is 1. The number of benzene rings is 2. The van der Waals surface area contributed by atoms with Crippen LogP contribution in [0.15, 0.2) is 54.6 Å². The number of fused-ring (bicyclic) bond motifs is 1. The molecule has 2 aromatic carbocycles. The van der Waals surface area contributed by atoms with Gasteiger partial charge in [0.25, 0.3) is 0 Å². The van der Waals surface area contributed by atoms with Gasteiger partial charge in [0, 0.05) is 18.0 Å². The molecule has 0 atom stereocenters. The molecule has 0 unspecified atom stereocenters. The minimum atomic E-state index is 0.516. The second-order valence-corrected chi connectivity index (χ2v) is 4.41. The van der Waals surface area contributed by atoms with Crippen molar-refractivity contribution in [2.24, 2.45) is 0 Å². The largest absolute Gasteiger partial charge is 0.408 e. The molecule has 0 saturated carbocycles. The first-order chi connectivity index (χ1) is 9.79. The average Bonchev–Trinajstić information content (AvgIpc) is 2.48. The summed E-state index contributed by atoms with van der Waals surface area (Å²) in [5, 5.41) is 2.11. The second kappa shape index (κ2) is 5.19. The average molecular weight is 265 g/mol. The van der Waals surface area contributed by atoms with Crippen molar-refractivity contribution in [2.45, 2.75) is 0 Å². The minimum absolute atomic E-state index is 0.516. The molecule has 3 N–H and O–H groups in total. The maximum Gasteiger partial charge on any atom is 0.154 e. The SMILES string of the molecule is CNOc1ccc(-c2cccc(N)n2)c2ccccc12. The van der Waals surface area contributed by atoms with Gasteiger partial charge in [0.2, 0.25) is 0 Å². The lowest BCUT2D eigenvalue weighted by Gasteiger charge is -2.11. The lowest BCUT2D eigenvalue weighted by Crippen LogP contribution is -2.11. The van der Waals surface area contributed by atoms with Crippen molar-refractivity contribution in [3.8, 4) is 17.0 Å². The maximum absolute atomic E-state index is 5.77. The van der Waals surface area contributed by atoms with Crippen LogP contribution in [-0.2, 0) is 0 Å². The Bertz CT molecular complexity index is 756. The zero-order valence-electron chi connectivity index (χ0n) is 11.1. The molecule has 1 heterocycles. The molecule has 20 heavy (non-hydrogen) atoms. The molecule has 100 valence electrons. The number of nitrogens with two attached hydrogens (primary N) is 1. The topological polar surface area (TPSA) is 60.2 Å². The van der Waals surface area contributed by atoms with Crippen LogP contribution in [-0.4, -0.2) is 12.0 Å². The third-order valence-electron chi connectivity index (χ3n) is 3.14. The number of hydrogen-bond acceptors (Lipinski definition) is 4. The van der Waals surface area contributed by atoms with E-state index in [0.717, 1.165) is 27.8 Å². The Balaban J connectivity index is 2.25. The van der Waals surface area contributed by atoms with Crippen LogP contribution in [0.1, 0.15) is 0 Å². The Morgan fingerprint density at radius 3 is 2.50 bits per heavy atom. The van der Waals surface area contributed by atoms with Gasteiger partial charge in [-0.2, -0.15) is 5.48 Å². The molecule has 4 nitrogen and oxygen atoms in total. The number of pyridine rings is 1. The van der Waals surface area contributed by atoms with Crippen molar-refractivity contribution in [1.82, 2.24) is 10.5 Å². The lowest BCUT2D eigenvalue weighted by molar-refractivity contribution is 0.227. The third-order valence-corrected chi connectivity index (χ3v) is 3.14. The molecule has 0 saturated heterocycles. The molecule has 0 radical (unpaired) electrons. The first kappa shape index (κ1) is 12.4. The standard InChI is InChI=1S/C16H15N3O/c1-18-20-15-10-9-12(11-5-2-3-6-13(11)15)14-7-4-8-16(17)19-14/h2-10,18H,1H3,(H2,17,19). The maximum atomic E-state index is 5.77. The van der Waals surface area contributed by atoms with E-state index in [0.29, 0.717) is 5.82 Å². The number of aromatic nitrogens is 1. The van der Waals surface area contributed by atoms with E-state index in [9.17, 15) is 0 Å². The van der Waals surface area contributed by atoms with Gasteiger partial charge < -0.3 is 10.6 Å². The highest BCUT2D eigenvalue weighted by Gasteiger charge is 2.09. The zero-order chi connectivity index (χ0) is 13.9. The summed E-state index contributed by atoms with van der Waals surface area (Å²) in [5.41, 5.74) is 10.4. The fourth-order valence-electron chi connectivity index (χ4n) is 2.30. The number of hydrogen-bond donors (Lipinski definition) is 2. The van der Waals surface area contributed by atoms with Gasteiger partial charge in [-0.25, -0.2) is 4.98 Å².